The number of likely N-dealkylation sites (N-methyl/N-ethyl adjacent to an activating group) is 2. The number of carbonyl (C=O) groups is 1. The lowest BCUT2D eigenvalue weighted by Crippen LogP contribution is -2.41. The molecule has 0 aliphatic carbocycles. The number of hydrazine groups is 1. The number of hydrogen-bond donors (Lipinski definition) is 2. The molecule has 0 saturated heterocycles. The van der Waals surface area contributed by atoms with Gasteiger partial charge in [-0.05, 0) is 27.6 Å². The molecular formula is C10H24N4O2. The third kappa shape index (κ3) is 6.73. The minimum Gasteiger partial charge on any atom is -0.356 e. The average molecular weight is 232 g/mol. The minimum absolute atomic E-state index is 0.335. The third-order valence-corrected chi connectivity index (χ3v) is 2.43. The zero-order chi connectivity index (χ0) is 12.6. The molecule has 0 aromatic rings. The molecule has 0 aliphatic rings. The van der Waals surface area contributed by atoms with Crippen LogP contribution < -0.4 is 11.4 Å². The minimum atomic E-state index is -0.335. The second-order valence-electron chi connectivity index (χ2n) is 4.08. The summed E-state index contributed by atoms with van der Waals surface area (Å²) in [6.07, 6.45) is 0.343. The number of nitrogens with one attached hydrogen (secondary N) is 1. The van der Waals surface area contributed by atoms with Crippen molar-refractivity contribution in [2.75, 3.05) is 33.7 Å². The van der Waals surface area contributed by atoms with E-state index in [-0.39, 0.29) is 5.97 Å². The number of rotatable bonds is 8. The Labute approximate surface area is 97.6 Å². The molecular weight excluding hydrogens is 208 g/mol. The number of nitrogens with zero attached hydrogens (tertiary/aromatic N) is 2. The normalized spacial score (nSPS) is 13.2. The summed E-state index contributed by atoms with van der Waals surface area (Å²) < 4.78 is 0. The largest absolute Gasteiger partial charge is 0.356 e. The molecule has 1 unspecified atom stereocenters. The first-order valence-corrected chi connectivity index (χ1v) is 5.55. The molecule has 6 nitrogen and oxygen atoms in total. The van der Waals surface area contributed by atoms with Gasteiger partial charge >= 0.3 is 5.97 Å². The Kier molecular flexibility index (Phi) is 8.10. The van der Waals surface area contributed by atoms with Crippen LogP contribution in [0.5, 0.6) is 0 Å². The average Bonchev–Trinajstić information content (AvgIpc) is 2.17. The first-order chi connectivity index (χ1) is 7.51. The number of carbonyl (C=O) groups excluding carboxylic acids is 1. The molecule has 0 aromatic carbocycles. The Hall–Kier alpha value is -0.690. The van der Waals surface area contributed by atoms with Gasteiger partial charge in [0.1, 0.15) is 0 Å². The van der Waals surface area contributed by atoms with Crippen molar-refractivity contribution in [2.24, 2.45) is 5.84 Å². The molecule has 16 heavy (non-hydrogen) atoms. The molecule has 1 atom stereocenters. The zero-order valence-electron chi connectivity index (χ0n) is 10.7. The van der Waals surface area contributed by atoms with Crippen molar-refractivity contribution in [1.82, 2.24) is 15.4 Å². The van der Waals surface area contributed by atoms with Crippen molar-refractivity contribution in [3.63, 3.8) is 0 Å². The Morgan fingerprint density at radius 1 is 1.50 bits per heavy atom. The fourth-order valence-corrected chi connectivity index (χ4v) is 1.69. The van der Waals surface area contributed by atoms with E-state index in [9.17, 15) is 4.79 Å². The maximum Gasteiger partial charge on any atom is 0.327 e. The molecule has 96 valence electrons. The lowest BCUT2D eigenvalue weighted by molar-refractivity contribution is -0.151. The fourth-order valence-electron chi connectivity index (χ4n) is 1.69. The van der Waals surface area contributed by atoms with Gasteiger partial charge in [0.2, 0.25) is 0 Å². The smallest absolute Gasteiger partial charge is 0.327 e. The van der Waals surface area contributed by atoms with Gasteiger partial charge in [-0.25, -0.2) is 5.84 Å². The van der Waals surface area contributed by atoms with Gasteiger partial charge in [-0.2, -0.15) is 0 Å². The van der Waals surface area contributed by atoms with E-state index in [1.165, 1.54) is 0 Å². The second-order valence-corrected chi connectivity index (χ2v) is 4.08. The van der Waals surface area contributed by atoms with E-state index in [1.807, 2.05) is 19.7 Å². The Balaban J connectivity index is 3.94. The van der Waals surface area contributed by atoms with Gasteiger partial charge in [0, 0.05) is 19.1 Å². The van der Waals surface area contributed by atoms with Gasteiger partial charge in [-0.1, -0.05) is 12.5 Å². The molecule has 0 amide bonds. The van der Waals surface area contributed by atoms with E-state index in [4.69, 9.17) is 5.84 Å². The maximum atomic E-state index is 11.1. The van der Waals surface area contributed by atoms with Gasteiger partial charge in [-0.15, -0.1) is 0 Å². The second kappa shape index (κ2) is 8.46. The van der Waals surface area contributed by atoms with Crippen LogP contribution in [0.25, 0.3) is 0 Å². The summed E-state index contributed by atoms with van der Waals surface area (Å²) in [5.41, 5.74) is 1.89. The monoisotopic (exact) mass is 232 g/mol. The molecule has 0 aromatic heterocycles. The van der Waals surface area contributed by atoms with Crippen molar-refractivity contribution < 1.29 is 9.63 Å². The van der Waals surface area contributed by atoms with E-state index in [0.29, 0.717) is 19.0 Å². The van der Waals surface area contributed by atoms with Gasteiger partial charge < -0.3 is 9.74 Å². The molecule has 0 saturated carbocycles. The molecule has 0 radical (unpaired) electrons. The summed E-state index contributed by atoms with van der Waals surface area (Å²) in [6.45, 7) is 6.80. The number of hydrogen-bond acceptors (Lipinski definition) is 6. The molecule has 3 N–H and O–H groups in total. The molecule has 0 rings (SSSR count). The third-order valence-electron chi connectivity index (χ3n) is 2.43. The van der Waals surface area contributed by atoms with Crippen LogP contribution >= 0.6 is 0 Å². The van der Waals surface area contributed by atoms with Crippen molar-refractivity contribution in [1.29, 1.82) is 0 Å². The van der Waals surface area contributed by atoms with Crippen LogP contribution in [0.4, 0.5) is 0 Å². The molecule has 0 bridgehead atoms. The summed E-state index contributed by atoms with van der Waals surface area (Å²) in [5.74, 6) is 4.55. The van der Waals surface area contributed by atoms with Crippen LogP contribution in [-0.2, 0) is 9.63 Å². The van der Waals surface area contributed by atoms with E-state index >= 15 is 0 Å². The van der Waals surface area contributed by atoms with Crippen LogP contribution in [0.3, 0.4) is 0 Å². The van der Waals surface area contributed by atoms with Crippen LogP contribution in [-0.4, -0.2) is 55.5 Å². The van der Waals surface area contributed by atoms with E-state index in [2.05, 4.69) is 28.5 Å². The standard InChI is InChI=1S/C10H24N4O2/c1-5-14(9(2)8-13(3)4)7-6-10(15)16-12-11/h9,12H,5-8,11H2,1-4H3. The van der Waals surface area contributed by atoms with Crippen LogP contribution in [0.1, 0.15) is 20.3 Å². The fraction of sp³-hybridized carbons (Fsp3) is 0.900. The lowest BCUT2D eigenvalue weighted by atomic mass is 10.2. The van der Waals surface area contributed by atoms with E-state index < -0.39 is 0 Å². The van der Waals surface area contributed by atoms with Crippen LogP contribution in [0.2, 0.25) is 0 Å². The maximum absolute atomic E-state index is 11.1. The van der Waals surface area contributed by atoms with Crippen molar-refractivity contribution in [3.8, 4) is 0 Å². The van der Waals surface area contributed by atoms with Crippen LogP contribution in [0, 0.1) is 0 Å². The predicted octanol–water partition coefficient (Wildman–Crippen LogP) is -0.430. The van der Waals surface area contributed by atoms with E-state index in [1.54, 1.807) is 0 Å². The first kappa shape index (κ1) is 15.3. The summed E-state index contributed by atoms with van der Waals surface area (Å²) in [5, 5.41) is 0. The Morgan fingerprint density at radius 3 is 2.56 bits per heavy atom. The highest BCUT2D eigenvalue weighted by Crippen LogP contribution is 2.01. The Morgan fingerprint density at radius 2 is 2.12 bits per heavy atom. The molecule has 0 fully saturated rings. The highest BCUT2D eigenvalue weighted by molar-refractivity contribution is 5.69. The molecule has 0 aliphatic heterocycles. The van der Waals surface area contributed by atoms with Gasteiger partial charge in [0.15, 0.2) is 0 Å². The van der Waals surface area contributed by atoms with Gasteiger partial charge in [-0.3, -0.25) is 9.69 Å². The Bertz CT molecular complexity index is 199. The van der Waals surface area contributed by atoms with Crippen LogP contribution in [0.15, 0.2) is 0 Å². The highest BCUT2D eigenvalue weighted by Gasteiger charge is 2.14. The molecule has 6 heteroatoms. The quantitative estimate of drug-likeness (QED) is 0.437. The first-order valence-electron chi connectivity index (χ1n) is 5.55. The van der Waals surface area contributed by atoms with Crippen molar-refractivity contribution in [3.05, 3.63) is 0 Å². The molecule has 0 heterocycles. The summed E-state index contributed by atoms with van der Waals surface area (Å²) in [4.78, 5) is 19.9. The zero-order valence-corrected chi connectivity index (χ0v) is 10.7. The molecule has 0 spiro atoms. The summed E-state index contributed by atoms with van der Waals surface area (Å²) >= 11 is 0. The van der Waals surface area contributed by atoms with Gasteiger partial charge in [0.25, 0.3) is 0 Å². The van der Waals surface area contributed by atoms with E-state index in [0.717, 1.165) is 13.1 Å². The van der Waals surface area contributed by atoms with Crippen molar-refractivity contribution >= 4 is 5.97 Å². The predicted molar refractivity (Wildman–Crippen MR) is 63.3 cm³/mol. The SMILES string of the molecule is CCN(CCC(=O)ONN)C(C)CN(C)C. The summed E-state index contributed by atoms with van der Waals surface area (Å²) in [7, 11) is 4.08. The van der Waals surface area contributed by atoms with Gasteiger partial charge in [0.05, 0.1) is 6.42 Å². The highest BCUT2D eigenvalue weighted by atomic mass is 16.7. The topological polar surface area (TPSA) is 70.8 Å². The summed E-state index contributed by atoms with van der Waals surface area (Å²) in [6, 6.07) is 0.415. The van der Waals surface area contributed by atoms with Crippen molar-refractivity contribution in [2.45, 2.75) is 26.3 Å². The number of nitrogens with two attached hydrogens (primary N) is 1. The lowest BCUT2D eigenvalue weighted by Gasteiger charge is -2.29.